The van der Waals surface area contributed by atoms with Crippen molar-refractivity contribution in [2.75, 3.05) is 5.33 Å². The Hall–Kier alpha value is -1.32. The van der Waals surface area contributed by atoms with Crippen molar-refractivity contribution in [1.82, 2.24) is 10.2 Å². The van der Waals surface area contributed by atoms with Gasteiger partial charge < -0.3 is 15.0 Å². The lowest BCUT2D eigenvalue weighted by molar-refractivity contribution is -0.170. The largest absolute Gasteiger partial charge is 0.458 e. The van der Waals surface area contributed by atoms with Gasteiger partial charge in [-0.2, -0.15) is 0 Å². The molecule has 1 N–H and O–H groups in total. The van der Waals surface area contributed by atoms with E-state index in [4.69, 9.17) is 4.74 Å². The van der Waals surface area contributed by atoms with Gasteiger partial charge >= 0.3 is 5.97 Å². The van der Waals surface area contributed by atoms with E-state index in [2.05, 4.69) is 21.2 Å². The van der Waals surface area contributed by atoms with E-state index in [0.717, 1.165) is 10.5 Å². The molecular weight excluding hydrogens is 452 g/mol. The summed E-state index contributed by atoms with van der Waals surface area (Å²) in [6.45, 7) is 5.38. The van der Waals surface area contributed by atoms with Gasteiger partial charge in [-0.25, -0.2) is 4.79 Å². The monoisotopic (exact) mass is 472 g/mol. The number of β-lactam (4-membered cyclic amide) rings is 1. The number of halogens is 1. The first-order chi connectivity index (χ1) is 12.7. The minimum absolute atomic E-state index is 0.194. The van der Waals surface area contributed by atoms with Crippen molar-refractivity contribution in [2.45, 2.75) is 50.3 Å². The Morgan fingerprint density at radius 1 is 1.37 bits per heavy atom. The fourth-order valence-corrected chi connectivity index (χ4v) is 5.57. The molecule has 1 saturated heterocycles. The maximum absolute atomic E-state index is 12.7. The minimum Gasteiger partial charge on any atom is -0.458 e. The van der Waals surface area contributed by atoms with Crippen LogP contribution in [0, 0.1) is 0 Å². The maximum Gasteiger partial charge on any atom is 0.333 e. The molecule has 2 aliphatic heterocycles. The highest BCUT2D eigenvalue weighted by Crippen LogP contribution is 2.41. The Labute approximate surface area is 174 Å². The van der Waals surface area contributed by atoms with Crippen molar-refractivity contribution in [3.63, 3.8) is 0 Å². The summed E-state index contributed by atoms with van der Waals surface area (Å²) in [6, 6.07) is 2.39. The highest BCUT2D eigenvalue weighted by Gasteiger charge is 2.56. The summed E-state index contributed by atoms with van der Waals surface area (Å²) in [5.74, 6) is -0.898. The molecule has 0 aliphatic carbocycles. The maximum atomic E-state index is 12.7. The molecule has 2 aliphatic rings. The molecule has 1 aromatic heterocycles. The van der Waals surface area contributed by atoms with Gasteiger partial charge in [-0.15, -0.1) is 23.1 Å². The lowest BCUT2D eigenvalue weighted by Crippen LogP contribution is -2.74. The predicted octanol–water partition coefficient (Wildman–Crippen LogP) is 2.68. The Kier molecular flexibility index (Phi) is 6.02. The number of fused-ring (bicyclic) bond motifs is 1. The van der Waals surface area contributed by atoms with Crippen LogP contribution in [0.3, 0.4) is 0 Å². The number of hydrogen-bond acceptors (Lipinski definition) is 6. The van der Waals surface area contributed by atoms with Crippen LogP contribution in [0.2, 0.25) is 0 Å². The molecule has 0 spiro atoms. The van der Waals surface area contributed by atoms with Crippen molar-refractivity contribution in [3.8, 4) is 0 Å². The second kappa shape index (κ2) is 7.97. The summed E-state index contributed by atoms with van der Waals surface area (Å²) < 4.78 is 5.51. The third-order valence-electron chi connectivity index (χ3n) is 4.08. The smallest absolute Gasteiger partial charge is 0.333 e. The van der Waals surface area contributed by atoms with Crippen LogP contribution in [0.15, 0.2) is 28.5 Å². The molecule has 1 unspecified atom stereocenters. The molecule has 27 heavy (non-hydrogen) atoms. The summed E-state index contributed by atoms with van der Waals surface area (Å²) >= 11 is 6.33. The fourth-order valence-electron chi connectivity index (χ4n) is 2.96. The summed E-state index contributed by atoms with van der Waals surface area (Å²) in [6.07, 6.45) is 0.247. The number of esters is 1. The zero-order valence-corrected chi connectivity index (χ0v) is 18.4. The Bertz CT molecular complexity index is 773. The van der Waals surface area contributed by atoms with E-state index < -0.39 is 23.7 Å². The summed E-state index contributed by atoms with van der Waals surface area (Å²) in [4.78, 5) is 40.1. The Morgan fingerprint density at radius 3 is 2.70 bits per heavy atom. The van der Waals surface area contributed by atoms with E-state index in [-0.39, 0.29) is 23.6 Å². The SMILES string of the molecule is CC(C)(C)OC(=O)C1C(CBr)=CS[C@@H]2[C@H](NC(=O)Cc3cccs3)C(=O)N12. The van der Waals surface area contributed by atoms with E-state index in [1.165, 1.54) is 28.0 Å². The van der Waals surface area contributed by atoms with Crippen LogP contribution in [-0.4, -0.2) is 51.1 Å². The number of hydrogen-bond donors (Lipinski definition) is 1. The first-order valence-corrected chi connectivity index (χ1v) is 11.4. The number of amides is 2. The molecule has 0 aromatic carbocycles. The fraction of sp³-hybridized carbons (Fsp3) is 0.500. The Morgan fingerprint density at radius 2 is 2.11 bits per heavy atom. The number of nitrogens with zero attached hydrogens (tertiary/aromatic N) is 1. The number of carbonyl (C=O) groups is 3. The third kappa shape index (κ3) is 4.41. The molecule has 1 aromatic rings. The van der Waals surface area contributed by atoms with Gasteiger partial charge in [0.25, 0.3) is 0 Å². The average molecular weight is 473 g/mol. The quantitative estimate of drug-likeness (QED) is 0.405. The number of thioether (sulfide) groups is 1. The first kappa shape index (κ1) is 20.4. The molecule has 2 amide bonds. The first-order valence-electron chi connectivity index (χ1n) is 8.48. The van der Waals surface area contributed by atoms with Crippen LogP contribution in [-0.2, 0) is 25.5 Å². The molecule has 3 atom stereocenters. The van der Waals surface area contributed by atoms with Crippen LogP contribution in [0.5, 0.6) is 0 Å². The van der Waals surface area contributed by atoms with Gasteiger partial charge in [0.05, 0.1) is 6.42 Å². The predicted molar refractivity (Wildman–Crippen MR) is 110 cm³/mol. The summed E-state index contributed by atoms with van der Waals surface area (Å²) in [5.41, 5.74) is 0.138. The van der Waals surface area contributed by atoms with E-state index >= 15 is 0 Å². The molecular formula is C18H21BrN2O4S2. The van der Waals surface area contributed by atoms with Crippen LogP contribution >= 0.6 is 39.0 Å². The van der Waals surface area contributed by atoms with E-state index in [0.29, 0.717) is 5.33 Å². The van der Waals surface area contributed by atoms with Crippen molar-refractivity contribution in [1.29, 1.82) is 0 Å². The second-order valence-electron chi connectivity index (χ2n) is 7.34. The van der Waals surface area contributed by atoms with Crippen LogP contribution in [0.25, 0.3) is 0 Å². The van der Waals surface area contributed by atoms with E-state index in [1.54, 1.807) is 20.8 Å². The zero-order chi connectivity index (χ0) is 19.8. The highest BCUT2D eigenvalue weighted by atomic mass is 79.9. The van der Waals surface area contributed by atoms with Gasteiger partial charge in [-0.05, 0) is 43.2 Å². The van der Waals surface area contributed by atoms with Gasteiger partial charge in [0.1, 0.15) is 17.0 Å². The molecule has 6 nitrogen and oxygen atoms in total. The minimum atomic E-state index is -0.757. The molecule has 3 rings (SSSR count). The lowest BCUT2D eigenvalue weighted by atomic mass is 9.98. The van der Waals surface area contributed by atoms with Crippen LogP contribution < -0.4 is 5.32 Å². The number of nitrogens with one attached hydrogen (secondary N) is 1. The average Bonchev–Trinajstić information content (AvgIpc) is 3.09. The molecule has 3 heterocycles. The number of carbonyl (C=O) groups excluding carboxylic acids is 3. The Balaban J connectivity index is 1.71. The van der Waals surface area contributed by atoms with Gasteiger partial charge in [0, 0.05) is 10.2 Å². The standard InChI is InChI=1S/C18H21BrN2O4S2/c1-18(2,3)25-17(24)14-10(8-19)9-27-16-13(15(23)21(14)16)20-12(22)7-11-5-4-6-26-11/h4-6,9,13-14,16H,7-8H2,1-3H3,(H,20,22)/t13-,14?,16-/m1/s1. The molecule has 9 heteroatoms. The molecule has 146 valence electrons. The highest BCUT2D eigenvalue weighted by molar-refractivity contribution is 9.09. The van der Waals surface area contributed by atoms with Crippen LogP contribution in [0.4, 0.5) is 0 Å². The summed E-state index contributed by atoms with van der Waals surface area (Å²) in [7, 11) is 0. The van der Waals surface area contributed by atoms with Crippen molar-refractivity contribution in [2.24, 2.45) is 0 Å². The van der Waals surface area contributed by atoms with E-state index in [1.807, 2.05) is 22.9 Å². The summed E-state index contributed by atoms with van der Waals surface area (Å²) in [5, 5.41) is 6.77. The zero-order valence-electron chi connectivity index (χ0n) is 15.2. The van der Waals surface area contributed by atoms with Crippen molar-refractivity contribution < 1.29 is 19.1 Å². The van der Waals surface area contributed by atoms with Gasteiger partial charge in [-0.1, -0.05) is 22.0 Å². The van der Waals surface area contributed by atoms with Crippen LogP contribution in [0.1, 0.15) is 25.6 Å². The van der Waals surface area contributed by atoms with Crippen molar-refractivity contribution in [3.05, 3.63) is 33.4 Å². The number of thiophene rings is 1. The van der Waals surface area contributed by atoms with E-state index in [9.17, 15) is 14.4 Å². The van der Waals surface area contributed by atoms with Gasteiger partial charge in [0.2, 0.25) is 11.8 Å². The molecule has 0 bridgehead atoms. The number of rotatable bonds is 5. The molecule has 0 saturated carbocycles. The molecule has 1 fully saturated rings. The second-order valence-corrected chi connectivity index (χ2v) is 9.92. The third-order valence-corrected chi connectivity index (χ3v) is 6.82. The van der Waals surface area contributed by atoms with Crippen molar-refractivity contribution >= 4 is 56.8 Å². The normalized spacial score (nSPS) is 24.6. The van der Waals surface area contributed by atoms with Gasteiger partial charge in [-0.3, -0.25) is 9.59 Å². The number of ether oxygens (including phenoxy) is 1. The number of alkyl halides is 1. The lowest BCUT2D eigenvalue weighted by Gasteiger charge is -2.51. The molecule has 0 radical (unpaired) electrons. The van der Waals surface area contributed by atoms with Gasteiger partial charge in [0.15, 0.2) is 6.04 Å². The topological polar surface area (TPSA) is 75.7 Å².